The van der Waals surface area contributed by atoms with Gasteiger partial charge < -0.3 is 26.2 Å². The van der Waals surface area contributed by atoms with Crippen LogP contribution in [0.15, 0.2) is 18.6 Å². The van der Waals surface area contributed by atoms with Gasteiger partial charge >= 0.3 is 0 Å². The van der Waals surface area contributed by atoms with Crippen molar-refractivity contribution < 1.29 is 28.8 Å². The first-order valence-corrected chi connectivity index (χ1v) is 18.2. The maximum absolute atomic E-state index is 14.6. The predicted molar refractivity (Wildman–Crippen MR) is 181 cm³/mol. The minimum absolute atomic E-state index is 0.0132. The van der Waals surface area contributed by atoms with Crippen molar-refractivity contribution in [3.05, 3.63) is 24.3 Å². The molecule has 0 bridgehead atoms. The normalized spacial score (nSPS) is 24.2. The van der Waals surface area contributed by atoms with E-state index in [1.54, 1.807) is 4.90 Å². The Morgan fingerprint density at radius 3 is 2.27 bits per heavy atom. The number of likely N-dealkylation sites (tertiary alicyclic amines) is 1. The summed E-state index contributed by atoms with van der Waals surface area (Å²) in [5, 5.41) is 11.5. The summed E-state index contributed by atoms with van der Waals surface area (Å²) in [6.07, 6.45) is 13.9. The van der Waals surface area contributed by atoms with Gasteiger partial charge in [0.1, 0.15) is 23.8 Å². The Labute approximate surface area is 288 Å². The summed E-state index contributed by atoms with van der Waals surface area (Å²) in [5.41, 5.74) is -0.638. The quantitative estimate of drug-likeness (QED) is 0.230. The zero-order valence-corrected chi connectivity index (χ0v) is 29.3. The van der Waals surface area contributed by atoms with Gasteiger partial charge in [-0.25, -0.2) is 4.98 Å². The van der Waals surface area contributed by atoms with E-state index in [9.17, 15) is 28.8 Å². The zero-order chi connectivity index (χ0) is 35.3. The lowest BCUT2D eigenvalue weighted by atomic mass is 9.82. The minimum atomic E-state index is -0.994. The molecule has 4 fully saturated rings. The van der Waals surface area contributed by atoms with Crippen LogP contribution in [0.2, 0.25) is 0 Å². The van der Waals surface area contributed by atoms with Gasteiger partial charge in [-0.3, -0.25) is 33.8 Å². The van der Waals surface area contributed by atoms with Gasteiger partial charge in [0.05, 0.1) is 12.2 Å². The van der Waals surface area contributed by atoms with Crippen LogP contribution in [-0.4, -0.2) is 86.9 Å². The number of nitrogens with one attached hydrogen (secondary N) is 4. The SMILES string of the molecule is CCC[C@H](NC(=O)[C@@H]1[C@@H]2CCC[C@H]2CN1C(=O)C(NC(=O)[C@@H](NC(=O)c1cnccn1)C1CCCCC1)C(C)(C)C)C(=O)C(=O)NC1CC1. The van der Waals surface area contributed by atoms with Crippen molar-refractivity contribution in [1.82, 2.24) is 36.1 Å². The third kappa shape index (κ3) is 8.83. The summed E-state index contributed by atoms with van der Waals surface area (Å²) in [5.74, 6) is -3.20. The van der Waals surface area contributed by atoms with Crippen LogP contribution in [0, 0.1) is 23.2 Å². The molecule has 0 aromatic carbocycles. The largest absolute Gasteiger partial charge is 0.347 e. The first-order valence-electron chi connectivity index (χ1n) is 18.2. The molecule has 1 aromatic rings. The van der Waals surface area contributed by atoms with Crippen molar-refractivity contribution in [3.63, 3.8) is 0 Å². The average molecular weight is 680 g/mol. The van der Waals surface area contributed by atoms with E-state index >= 15 is 0 Å². The molecular weight excluding hydrogens is 626 g/mol. The van der Waals surface area contributed by atoms with Crippen LogP contribution >= 0.6 is 0 Å². The van der Waals surface area contributed by atoms with E-state index in [1.165, 1.54) is 18.6 Å². The fourth-order valence-corrected chi connectivity index (χ4v) is 7.87. The van der Waals surface area contributed by atoms with Gasteiger partial charge in [0.2, 0.25) is 23.5 Å². The van der Waals surface area contributed by atoms with Gasteiger partial charge in [0.15, 0.2) is 0 Å². The number of carbonyl (C=O) groups is 6. The standard InChI is InChI=1S/C36H53N7O6/c1-5-10-25(29(44)34(48)39-23-15-16-23)40-33(47)28-24-14-9-13-22(24)20-43(28)35(49)30(36(2,3)4)42-32(46)27(21-11-7-6-8-12-21)41-31(45)26-19-37-17-18-38-26/h17-19,21-25,27-28,30H,5-16,20H2,1-4H3,(H,39,48)(H,40,47)(H,41,45)(H,42,46)/t22-,24+,25-,27-,28-,30?/m0/s1. The molecule has 0 radical (unpaired) electrons. The summed E-state index contributed by atoms with van der Waals surface area (Å²) in [4.78, 5) is 91.4. The molecule has 3 saturated carbocycles. The number of hydrogen-bond donors (Lipinski definition) is 4. The van der Waals surface area contributed by atoms with E-state index in [2.05, 4.69) is 31.2 Å². The van der Waals surface area contributed by atoms with Gasteiger partial charge in [-0.1, -0.05) is 59.8 Å². The number of ketones is 1. The summed E-state index contributed by atoms with van der Waals surface area (Å²) in [6, 6.07) is -3.68. The highest BCUT2D eigenvalue weighted by atomic mass is 16.2. The Hall–Kier alpha value is -3.90. The van der Waals surface area contributed by atoms with Crippen LogP contribution in [0.25, 0.3) is 0 Å². The van der Waals surface area contributed by atoms with Crippen LogP contribution in [0.1, 0.15) is 115 Å². The third-order valence-electron chi connectivity index (χ3n) is 10.7. The molecule has 1 unspecified atom stereocenters. The molecule has 13 heteroatoms. The summed E-state index contributed by atoms with van der Waals surface area (Å²) in [7, 11) is 0. The number of amides is 5. The lowest BCUT2D eigenvalue weighted by molar-refractivity contribution is -0.146. The lowest BCUT2D eigenvalue weighted by Gasteiger charge is -2.38. The highest BCUT2D eigenvalue weighted by Crippen LogP contribution is 2.43. The summed E-state index contributed by atoms with van der Waals surface area (Å²) >= 11 is 0. The maximum atomic E-state index is 14.6. The molecule has 13 nitrogen and oxygen atoms in total. The third-order valence-corrected chi connectivity index (χ3v) is 10.7. The fraction of sp³-hybridized carbons (Fsp3) is 0.722. The van der Waals surface area contributed by atoms with Crippen molar-refractivity contribution in [2.75, 3.05) is 6.54 Å². The number of fused-ring (bicyclic) bond motifs is 1. The van der Waals surface area contributed by atoms with E-state index in [-0.39, 0.29) is 35.4 Å². The zero-order valence-electron chi connectivity index (χ0n) is 29.3. The van der Waals surface area contributed by atoms with E-state index in [1.807, 2.05) is 27.7 Å². The van der Waals surface area contributed by atoms with Crippen LogP contribution in [0.5, 0.6) is 0 Å². The molecule has 1 aliphatic heterocycles. The summed E-state index contributed by atoms with van der Waals surface area (Å²) in [6.45, 7) is 7.85. The second-order valence-corrected chi connectivity index (χ2v) is 15.5. The molecule has 3 aliphatic carbocycles. The van der Waals surface area contributed by atoms with E-state index < -0.39 is 59.0 Å². The Bertz CT molecular complexity index is 1390. The van der Waals surface area contributed by atoms with Gasteiger partial charge in [-0.15, -0.1) is 0 Å². The van der Waals surface area contributed by atoms with Gasteiger partial charge in [0, 0.05) is 25.0 Å². The van der Waals surface area contributed by atoms with Crippen molar-refractivity contribution in [1.29, 1.82) is 0 Å². The van der Waals surface area contributed by atoms with Gasteiger partial charge in [-0.05, 0) is 68.1 Å². The molecule has 1 saturated heterocycles. The minimum Gasteiger partial charge on any atom is -0.347 e. The Balaban J connectivity index is 1.36. The number of nitrogens with zero attached hydrogens (tertiary/aromatic N) is 3. The Kier molecular flexibility index (Phi) is 11.7. The van der Waals surface area contributed by atoms with Crippen LogP contribution < -0.4 is 21.3 Å². The smallest absolute Gasteiger partial charge is 0.289 e. The second kappa shape index (κ2) is 15.8. The Morgan fingerprint density at radius 1 is 0.898 bits per heavy atom. The first-order chi connectivity index (χ1) is 23.4. The first kappa shape index (κ1) is 36.4. The van der Waals surface area contributed by atoms with Crippen molar-refractivity contribution in [2.45, 2.75) is 135 Å². The molecule has 6 atom stereocenters. The van der Waals surface area contributed by atoms with Crippen LogP contribution in [0.3, 0.4) is 0 Å². The van der Waals surface area contributed by atoms with Crippen LogP contribution in [-0.2, 0) is 24.0 Å². The molecule has 4 aliphatic rings. The lowest BCUT2D eigenvalue weighted by Crippen LogP contribution is -2.62. The predicted octanol–water partition coefficient (Wildman–Crippen LogP) is 2.45. The van der Waals surface area contributed by atoms with Gasteiger partial charge in [0.25, 0.3) is 11.8 Å². The highest BCUT2D eigenvalue weighted by Gasteiger charge is 2.52. The monoisotopic (exact) mass is 679 g/mol. The van der Waals surface area contributed by atoms with Crippen molar-refractivity contribution >= 4 is 35.3 Å². The highest BCUT2D eigenvalue weighted by molar-refractivity contribution is 6.38. The molecule has 5 amide bonds. The molecule has 268 valence electrons. The molecular formula is C36H53N7O6. The maximum Gasteiger partial charge on any atom is 0.289 e. The number of carbonyl (C=O) groups excluding carboxylic acids is 6. The van der Waals surface area contributed by atoms with E-state index in [0.717, 1.165) is 64.2 Å². The van der Waals surface area contributed by atoms with Gasteiger partial charge in [-0.2, -0.15) is 0 Å². The number of Topliss-reactive ketones (excluding diaryl/α,β-unsaturated/α-hetero) is 1. The fourth-order valence-electron chi connectivity index (χ4n) is 7.87. The topological polar surface area (TPSA) is 180 Å². The second-order valence-electron chi connectivity index (χ2n) is 15.5. The number of rotatable bonds is 13. The molecule has 5 rings (SSSR count). The number of hydrogen-bond acceptors (Lipinski definition) is 8. The molecule has 4 N–H and O–H groups in total. The van der Waals surface area contributed by atoms with Crippen molar-refractivity contribution in [2.24, 2.45) is 23.2 Å². The van der Waals surface area contributed by atoms with E-state index in [4.69, 9.17) is 0 Å². The van der Waals surface area contributed by atoms with Crippen molar-refractivity contribution in [3.8, 4) is 0 Å². The molecule has 1 aromatic heterocycles. The number of aromatic nitrogens is 2. The summed E-state index contributed by atoms with van der Waals surface area (Å²) < 4.78 is 0. The van der Waals surface area contributed by atoms with E-state index in [0.29, 0.717) is 19.4 Å². The molecule has 0 spiro atoms. The molecule has 49 heavy (non-hydrogen) atoms. The van der Waals surface area contributed by atoms with Crippen LogP contribution in [0.4, 0.5) is 0 Å². The molecule has 2 heterocycles. The average Bonchev–Trinajstić information content (AvgIpc) is 3.65. The Morgan fingerprint density at radius 2 is 1.63 bits per heavy atom.